The third-order valence-electron chi connectivity index (χ3n) is 6.22. The molecule has 0 aliphatic rings. The standard InChI is InChI=1S/C29H26ClF6N3O4/c1-39-23(15-25(38-39)29(34,35)36)20-7-9-24(26(27(20)40)18-4-8-22(30)21(14-18)28(31,32)33)43-16-17-2-5-19(6-3-17)42-13-12-41-11-10-37/h2-9,14-15,40H,10-13,16,37H2,1H3. The van der Waals surface area contributed by atoms with Crippen molar-refractivity contribution in [2.75, 3.05) is 26.4 Å². The zero-order valence-corrected chi connectivity index (χ0v) is 23.4. The highest BCUT2D eigenvalue weighted by Crippen LogP contribution is 2.47. The predicted octanol–water partition coefficient (Wildman–Crippen LogP) is 7.08. The summed E-state index contributed by atoms with van der Waals surface area (Å²) in [4.78, 5) is 0. The molecule has 4 aromatic rings. The summed E-state index contributed by atoms with van der Waals surface area (Å²) < 4.78 is 98.6. The molecule has 4 rings (SSSR count). The van der Waals surface area contributed by atoms with Gasteiger partial charge in [-0.2, -0.15) is 31.4 Å². The molecule has 0 aliphatic carbocycles. The van der Waals surface area contributed by atoms with Crippen molar-refractivity contribution in [1.29, 1.82) is 0 Å². The highest BCUT2D eigenvalue weighted by atomic mass is 35.5. The fourth-order valence-corrected chi connectivity index (χ4v) is 4.41. The lowest BCUT2D eigenvalue weighted by atomic mass is 9.97. The van der Waals surface area contributed by atoms with Gasteiger partial charge in [0.1, 0.15) is 30.5 Å². The van der Waals surface area contributed by atoms with Crippen LogP contribution in [0.1, 0.15) is 16.8 Å². The first-order valence-corrected chi connectivity index (χ1v) is 13.1. The molecule has 7 nitrogen and oxygen atoms in total. The number of hydrogen-bond acceptors (Lipinski definition) is 6. The molecule has 14 heteroatoms. The van der Waals surface area contributed by atoms with E-state index in [-0.39, 0.29) is 34.7 Å². The summed E-state index contributed by atoms with van der Waals surface area (Å²) in [6.07, 6.45) is -9.57. The van der Waals surface area contributed by atoms with E-state index in [2.05, 4.69) is 5.10 Å². The van der Waals surface area contributed by atoms with Crippen LogP contribution >= 0.6 is 11.6 Å². The third-order valence-corrected chi connectivity index (χ3v) is 6.55. The molecule has 0 bridgehead atoms. The van der Waals surface area contributed by atoms with Gasteiger partial charge in [-0.3, -0.25) is 4.68 Å². The summed E-state index contributed by atoms with van der Waals surface area (Å²) in [6, 6.07) is 13.2. The van der Waals surface area contributed by atoms with E-state index in [9.17, 15) is 31.4 Å². The van der Waals surface area contributed by atoms with Gasteiger partial charge in [-0.15, -0.1) is 0 Å². The Bertz CT molecular complexity index is 1560. The molecule has 43 heavy (non-hydrogen) atoms. The zero-order chi connectivity index (χ0) is 31.4. The minimum Gasteiger partial charge on any atom is -0.506 e. The molecule has 230 valence electrons. The lowest BCUT2D eigenvalue weighted by molar-refractivity contribution is -0.141. The number of hydrogen-bond donors (Lipinski definition) is 2. The first kappa shape index (κ1) is 32.0. The van der Waals surface area contributed by atoms with Crippen molar-refractivity contribution in [3.8, 4) is 39.6 Å². The summed E-state index contributed by atoms with van der Waals surface area (Å²) in [6.45, 7) is 1.44. The van der Waals surface area contributed by atoms with Crippen LogP contribution in [0.5, 0.6) is 17.2 Å². The maximum atomic E-state index is 13.7. The van der Waals surface area contributed by atoms with Gasteiger partial charge in [0.2, 0.25) is 0 Å². The first-order chi connectivity index (χ1) is 20.3. The Morgan fingerprint density at radius 1 is 0.884 bits per heavy atom. The van der Waals surface area contributed by atoms with Gasteiger partial charge in [0, 0.05) is 19.2 Å². The second-order valence-corrected chi connectivity index (χ2v) is 9.65. The molecule has 0 aliphatic heterocycles. The van der Waals surface area contributed by atoms with Crippen molar-refractivity contribution < 1.29 is 45.7 Å². The number of nitrogens with two attached hydrogens (primary N) is 1. The van der Waals surface area contributed by atoms with E-state index in [1.165, 1.54) is 25.2 Å². The zero-order valence-electron chi connectivity index (χ0n) is 22.6. The number of phenols is 1. The minimum absolute atomic E-state index is 0.0210. The molecule has 0 spiro atoms. The van der Waals surface area contributed by atoms with Crippen molar-refractivity contribution in [1.82, 2.24) is 9.78 Å². The number of nitrogens with zero attached hydrogens (tertiary/aromatic N) is 2. The third kappa shape index (κ3) is 7.72. The lowest BCUT2D eigenvalue weighted by Crippen LogP contribution is -2.13. The van der Waals surface area contributed by atoms with E-state index in [0.29, 0.717) is 37.7 Å². The van der Waals surface area contributed by atoms with Crippen LogP contribution in [-0.2, 0) is 30.7 Å². The highest BCUT2D eigenvalue weighted by Gasteiger charge is 2.36. The Balaban J connectivity index is 1.68. The average molecular weight is 630 g/mol. The van der Waals surface area contributed by atoms with Crippen molar-refractivity contribution in [2.24, 2.45) is 12.8 Å². The summed E-state index contributed by atoms with van der Waals surface area (Å²) >= 11 is 5.80. The van der Waals surface area contributed by atoms with Gasteiger partial charge < -0.3 is 25.1 Å². The number of alkyl halides is 6. The maximum Gasteiger partial charge on any atom is 0.435 e. The predicted molar refractivity (Wildman–Crippen MR) is 147 cm³/mol. The van der Waals surface area contributed by atoms with Gasteiger partial charge in [0.15, 0.2) is 5.69 Å². The molecule has 0 saturated carbocycles. The van der Waals surface area contributed by atoms with Crippen molar-refractivity contribution in [3.05, 3.63) is 82.5 Å². The number of aromatic nitrogens is 2. The van der Waals surface area contributed by atoms with Crippen LogP contribution in [0.3, 0.4) is 0 Å². The van der Waals surface area contributed by atoms with Gasteiger partial charge in [-0.1, -0.05) is 29.8 Å². The smallest absolute Gasteiger partial charge is 0.435 e. The Morgan fingerprint density at radius 2 is 1.60 bits per heavy atom. The van der Waals surface area contributed by atoms with E-state index in [4.69, 9.17) is 31.5 Å². The van der Waals surface area contributed by atoms with Crippen LogP contribution in [-0.4, -0.2) is 41.3 Å². The Kier molecular flexibility index (Phi) is 9.78. The van der Waals surface area contributed by atoms with E-state index >= 15 is 0 Å². The number of halogens is 7. The van der Waals surface area contributed by atoms with Gasteiger partial charge in [-0.05, 0) is 53.6 Å². The van der Waals surface area contributed by atoms with Crippen LogP contribution in [0, 0.1) is 0 Å². The molecule has 0 unspecified atom stereocenters. The molecule has 3 N–H and O–H groups in total. The minimum atomic E-state index is -4.81. The lowest BCUT2D eigenvalue weighted by Gasteiger charge is -2.18. The fourth-order valence-electron chi connectivity index (χ4n) is 4.18. The van der Waals surface area contributed by atoms with Crippen LogP contribution in [0.25, 0.3) is 22.4 Å². The van der Waals surface area contributed by atoms with Crippen molar-refractivity contribution in [3.63, 3.8) is 0 Å². The molecular formula is C29H26ClF6N3O4. The first-order valence-electron chi connectivity index (χ1n) is 12.8. The summed E-state index contributed by atoms with van der Waals surface area (Å²) in [5.41, 5.74) is 3.14. The number of rotatable bonds is 11. The quantitative estimate of drug-likeness (QED) is 0.136. The maximum absolute atomic E-state index is 13.7. The van der Waals surface area contributed by atoms with Gasteiger partial charge >= 0.3 is 12.4 Å². The molecule has 0 atom stereocenters. The van der Waals surface area contributed by atoms with E-state index in [1.54, 1.807) is 24.3 Å². The number of ether oxygens (including phenoxy) is 3. The molecule has 3 aromatic carbocycles. The van der Waals surface area contributed by atoms with Crippen LogP contribution in [0.2, 0.25) is 5.02 Å². The van der Waals surface area contributed by atoms with E-state index < -0.39 is 34.4 Å². The van der Waals surface area contributed by atoms with Crippen molar-refractivity contribution in [2.45, 2.75) is 19.0 Å². The van der Waals surface area contributed by atoms with Crippen LogP contribution < -0.4 is 15.2 Å². The fraction of sp³-hybridized carbons (Fsp3) is 0.276. The normalized spacial score (nSPS) is 12.0. The molecule has 0 fully saturated rings. The summed E-state index contributed by atoms with van der Waals surface area (Å²) in [7, 11) is 1.25. The van der Waals surface area contributed by atoms with Gasteiger partial charge in [0.05, 0.1) is 35.1 Å². The summed E-state index contributed by atoms with van der Waals surface area (Å²) in [5, 5.41) is 14.2. The number of benzene rings is 3. The average Bonchev–Trinajstić information content (AvgIpc) is 3.34. The molecular weight excluding hydrogens is 604 g/mol. The molecule has 1 aromatic heterocycles. The number of aromatic hydroxyl groups is 1. The molecule has 1 heterocycles. The highest BCUT2D eigenvalue weighted by molar-refractivity contribution is 6.31. The monoisotopic (exact) mass is 629 g/mol. The Labute approximate surface area is 247 Å². The van der Waals surface area contributed by atoms with Gasteiger partial charge in [-0.25, -0.2) is 0 Å². The van der Waals surface area contributed by atoms with E-state index in [1.807, 2.05) is 0 Å². The second kappa shape index (κ2) is 13.1. The molecule has 0 saturated heterocycles. The van der Waals surface area contributed by atoms with Gasteiger partial charge in [0.25, 0.3) is 0 Å². The summed E-state index contributed by atoms with van der Waals surface area (Å²) in [5.74, 6) is -0.0596. The largest absolute Gasteiger partial charge is 0.506 e. The number of aryl methyl sites for hydroxylation is 1. The SMILES string of the molecule is Cn1nc(C(F)(F)F)cc1-c1ccc(OCc2ccc(OCCOCCN)cc2)c(-c2ccc(Cl)c(C(F)(F)F)c2)c1O. The van der Waals surface area contributed by atoms with Crippen LogP contribution in [0.15, 0.2) is 60.7 Å². The molecule has 0 amide bonds. The molecule has 0 radical (unpaired) electrons. The van der Waals surface area contributed by atoms with E-state index in [0.717, 1.165) is 22.9 Å². The second-order valence-electron chi connectivity index (χ2n) is 9.25. The Morgan fingerprint density at radius 3 is 2.23 bits per heavy atom. The van der Waals surface area contributed by atoms with Crippen LogP contribution in [0.4, 0.5) is 26.3 Å². The number of phenolic OH excluding ortho intramolecular Hbond substituents is 1. The van der Waals surface area contributed by atoms with Crippen molar-refractivity contribution >= 4 is 11.6 Å². The Hall–Kier alpha value is -3.94. The topological polar surface area (TPSA) is 91.8 Å².